The van der Waals surface area contributed by atoms with Gasteiger partial charge in [-0.15, -0.1) is 13.2 Å². The van der Waals surface area contributed by atoms with Gasteiger partial charge in [-0.2, -0.15) is 0 Å². The molecule has 0 aliphatic rings. The van der Waals surface area contributed by atoms with E-state index in [4.69, 9.17) is 0 Å². The number of hydrogen-bond acceptors (Lipinski definition) is 5. The fourth-order valence-electron chi connectivity index (χ4n) is 2.74. The number of aryl methyl sites for hydroxylation is 1. The second-order valence-corrected chi connectivity index (χ2v) is 6.14. The molecule has 0 aliphatic carbocycles. The summed E-state index contributed by atoms with van der Waals surface area (Å²) in [7, 11) is 2.74. The number of carbonyl (C=O) groups excluding carboxylic acids is 1. The Kier molecular flexibility index (Phi) is 5.14. The van der Waals surface area contributed by atoms with Gasteiger partial charge in [0.15, 0.2) is 0 Å². The third-order valence-corrected chi connectivity index (χ3v) is 4.19. The Hall–Kier alpha value is -3.63. The maximum absolute atomic E-state index is 12.5. The SMILES string of the molecule is Cn1c(=O)c2cc(C(=O)NCc3ccccc3OC(F)(F)F)cnc2n(C)c1=O. The van der Waals surface area contributed by atoms with E-state index in [0.717, 1.165) is 10.6 Å². The molecule has 0 unspecified atom stereocenters. The summed E-state index contributed by atoms with van der Waals surface area (Å²) >= 11 is 0. The van der Waals surface area contributed by atoms with Crippen LogP contribution in [0.15, 0.2) is 46.1 Å². The highest BCUT2D eigenvalue weighted by Gasteiger charge is 2.32. The Balaban J connectivity index is 1.87. The van der Waals surface area contributed by atoms with Crippen molar-refractivity contribution in [1.29, 1.82) is 0 Å². The van der Waals surface area contributed by atoms with Crippen molar-refractivity contribution in [1.82, 2.24) is 19.4 Å². The number of para-hydroxylation sites is 1. The third kappa shape index (κ3) is 4.13. The lowest BCUT2D eigenvalue weighted by Gasteiger charge is -2.13. The molecule has 3 rings (SSSR count). The molecule has 0 fully saturated rings. The van der Waals surface area contributed by atoms with Crippen molar-refractivity contribution >= 4 is 16.9 Å². The van der Waals surface area contributed by atoms with Crippen molar-refractivity contribution < 1.29 is 22.7 Å². The van der Waals surface area contributed by atoms with Crippen LogP contribution in [-0.4, -0.2) is 26.4 Å². The number of ether oxygens (including phenoxy) is 1. The first-order valence-corrected chi connectivity index (χ1v) is 8.26. The van der Waals surface area contributed by atoms with Crippen molar-refractivity contribution in [3.8, 4) is 5.75 Å². The molecule has 29 heavy (non-hydrogen) atoms. The Morgan fingerprint density at radius 2 is 1.86 bits per heavy atom. The zero-order valence-electron chi connectivity index (χ0n) is 15.3. The minimum absolute atomic E-state index is 0.0162. The van der Waals surface area contributed by atoms with Gasteiger partial charge in [-0.05, 0) is 12.1 Å². The molecule has 8 nitrogen and oxygen atoms in total. The zero-order valence-corrected chi connectivity index (χ0v) is 15.3. The third-order valence-electron chi connectivity index (χ3n) is 4.19. The topological polar surface area (TPSA) is 95.2 Å². The van der Waals surface area contributed by atoms with Crippen LogP contribution in [0.25, 0.3) is 11.0 Å². The van der Waals surface area contributed by atoms with Crippen LogP contribution in [0.3, 0.4) is 0 Å². The van der Waals surface area contributed by atoms with Gasteiger partial charge in [-0.1, -0.05) is 18.2 Å². The molecule has 2 aromatic heterocycles. The van der Waals surface area contributed by atoms with E-state index in [1.165, 1.54) is 49.1 Å². The molecule has 0 bridgehead atoms. The molecule has 3 aromatic rings. The van der Waals surface area contributed by atoms with Gasteiger partial charge in [0.2, 0.25) is 0 Å². The normalized spacial score (nSPS) is 11.5. The molecule has 0 spiro atoms. The lowest BCUT2D eigenvalue weighted by molar-refractivity contribution is -0.274. The lowest BCUT2D eigenvalue weighted by Crippen LogP contribution is -2.37. The molecule has 0 saturated carbocycles. The summed E-state index contributed by atoms with van der Waals surface area (Å²) in [4.78, 5) is 40.6. The molecule has 2 heterocycles. The monoisotopic (exact) mass is 408 g/mol. The molecule has 0 radical (unpaired) electrons. The Morgan fingerprint density at radius 3 is 2.55 bits per heavy atom. The summed E-state index contributed by atoms with van der Waals surface area (Å²) in [6, 6.07) is 6.67. The molecule has 0 aliphatic heterocycles. The number of benzene rings is 1. The van der Waals surface area contributed by atoms with Crippen molar-refractivity contribution in [3.05, 3.63) is 68.5 Å². The molecule has 0 atom stereocenters. The van der Waals surface area contributed by atoms with Gasteiger partial charge in [0.1, 0.15) is 11.4 Å². The fourth-order valence-corrected chi connectivity index (χ4v) is 2.74. The number of hydrogen-bond donors (Lipinski definition) is 1. The van der Waals surface area contributed by atoms with E-state index in [1.807, 2.05) is 0 Å². The quantitative estimate of drug-likeness (QED) is 0.705. The van der Waals surface area contributed by atoms with Crippen LogP contribution >= 0.6 is 0 Å². The molecule has 152 valence electrons. The Labute approximate surface area is 161 Å². The first kappa shape index (κ1) is 20.1. The highest BCUT2D eigenvalue weighted by molar-refractivity contribution is 5.96. The van der Waals surface area contributed by atoms with E-state index >= 15 is 0 Å². The Morgan fingerprint density at radius 1 is 1.17 bits per heavy atom. The summed E-state index contributed by atoms with van der Waals surface area (Å²) in [5.74, 6) is -1.09. The number of fused-ring (bicyclic) bond motifs is 1. The summed E-state index contributed by atoms with van der Waals surface area (Å²) in [6.45, 7) is -0.242. The average Bonchev–Trinajstić information content (AvgIpc) is 2.68. The van der Waals surface area contributed by atoms with Crippen LogP contribution in [-0.2, 0) is 20.6 Å². The number of nitrogens with zero attached hydrogens (tertiary/aromatic N) is 3. The highest BCUT2D eigenvalue weighted by atomic mass is 19.4. The van der Waals surface area contributed by atoms with Crippen LogP contribution in [0.5, 0.6) is 5.75 Å². The molecule has 11 heteroatoms. The number of aromatic nitrogens is 3. The first-order chi connectivity index (χ1) is 13.6. The van der Waals surface area contributed by atoms with Crippen LogP contribution in [0, 0.1) is 0 Å². The van der Waals surface area contributed by atoms with Gasteiger partial charge in [-0.3, -0.25) is 18.7 Å². The minimum atomic E-state index is -4.86. The zero-order chi connectivity index (χ0) is 21.3. The number of alkyl halides is 3. The van der Waals surface area contributed by atoms with Gasteiger partial charge < -0.3 is 10.1 Å². The van der Waals surface area contributed by atoms with Gasteiger partial charge in [0.25, 0.3) is 11.5 Å². The van der Waals surface area contributed by atoms with E-state index in [9.17, 15) is 27.6 Å². The lowest BCUT2D eigenvalue weighted by atomic mass is 10.2. The van der Waals surface area contributed by atoms with E-state index < -0.39 is 29.3 Å². The number of rotatable bonds is 4. The summed E-state index contributed by atoms with van der Waals surface area (Å²) in [5, 5.41) is 2.52. The second-order valence-electron chi connectivity index (χ2n) is 6.14. The second kappa shape index (κ2) is 7.41. The molecular formula is C18H15F3N4O4. The van der Waals surface area contributed by atoms with Crippen molar-refractivity contribution in [2.45, 2.75) is 12.9 Å². The molecular weight excluding hydrogens is 393 g/mol. The molecule has 1 aromatic carbocycles. The van der Waals surface area contributed by atoms with Gasteiger partial charge >= 0.3 is 12.1 Å². The van der Waals surface area contributed by atoms with Crippen LogP contribution < -0.4 is 21.3 Å². The van der Waals surface area contributed by atoms with E-state index in [0.29, 0.717) is 0 Å². The van der Waals surface area contributed by atoms with Crippen molar-refractivity contribution in [2.75, 3.05) is 0 Å². The number of pyridine rings is 1. The van der Waals surface area contributed by atoms with Crippen LogP contribution in [0.1, 0.15) is 15.9 Å². The Bertz CT molecular complexity index is 1210. The fraction of sp³-hybridized carbons (Fsp3) is 0.222. The van der Waals surface area contributed by atoms with Gasteiger partial charge in [0.05, 0.1) is 10.9 Å². The summed E-state index contributed by atoms with van der Waals surface area (Å²) in [6.07, 6.45) is -3.69. The molecule has 1 N–H and O–H groups in total. The smallest absolute Gasteiger partial charge is 0.405 e. The van der Waals surface area contributed by atoms with E-state index in [1.54, 1.807) is 0 Å². The number of amides is 1. The van der Waals surface area contributed by atoms with Gasteiger partial charge in [0, 0.05) is 32.4 Å². The maximum Gasteiger partial charge on any atom is 0.573 e. The predicted molar refractivity (Wildman–Crippen MR) is 96.5 cm³/mol. The number of halogens is 3. The summed E-state index contributed by atoms with van der Waals surface area (Å²) in [5.41, 5.74) is -0.936. The van der Waals surface area contributed by atoms with Crippen LogP contribution in [0.4, 0.5) is 13.2 Å². The largest absolute Gasteiger partial charge is 0.573 e. The van der Waals surface area contributed by atoms with E-state index in [-0.39, 0.29) is 28.7 Å². The first-order valence-electron chi connectivity index (χ1n) is 8.26. The molecule has 0 saturated heterocycles. The average molecular weight is 408 g/mol. The van der Waals surface area contributed by atoms with Gasteiger partial charge in [-0.25, -0.2) is 9.78 Å². The van der Waals surface area contributed by atoms with Crippen LogP contribution in [0.2, 0.25) is 0 Å². The molecule has 1 amide bonds. The number of nitrogens with one attached hydrogen (secondary N) is 1. The summed E-state index contributed by atoms with van der Waals surface area (Å²) < 4.78 is 43.5. The predicted octanol–water partition coefficient (Wildman–Crippen LogP) is 1.46. The highest BCUT2D eigenvalue weighted by Crippen LogP contribution is 2.26. The maximum atomic E-state index is 12.5. The van der Waals surface area contributed by atoms with Crippen molar-refractivity contribution in [2.24, 2.45) is 14.1 Å². The van der Waals surface area contributed by atoms with E-state index in [2.05, 4.69) is 15.0 Å². The van der Waals surface area contributed by atoms with Crippen molar-refractivity contribution in [3.63, 3.8) is 0 Å². The standard InChI is InChI=1S/C18H15F3N4O4/c1-24-14-12(16(27)25(2)17(24)28)7-11(9-22-14)15(26)23-8-10-5-3-4-6-13(10)29-18(19,20)21/h3-7,9H,8H2,1-2H3,(H,23,26). The minimum Gasteiger partial charge on any atom is -0.405 e. The number of carbonyl (C=O) groups is 1.